The van der Waals surface area contributed by atoms with Crippen molar-refractivity contribution in [3.63, 3.8) is 0 Å². The number of benzene rings is 2. The molecule has 5 rings (SSSR count). The average molecular weight is 388 g/mol. The molecule has 2 aliphatic heterocycles. The SMILES string of the molecule is COc1cccc2c1C1(CCN(C(=O)c3cccc4cnccc34)CC1)OCC2. The summed E-state index contributed by atoms with van der Waals surface area (Å²) >= 11 is 0. The summed E-state index contributed by atoms with van der Waals surface area (Å²) in [6, 6.07) is 14.0. The molecule has 29 heavy (non-hydrogen) atoms. The third-order valence-corrected chi connectivity index (χ3v) is 6.31. The van der Waals surface area contributed by atoms with Crippen LogP contribution in [0.5, 0.6) is 5.75 Å². The lowest BCUT2D eigenvalue weighted by molar-refractivity contribution is -0.0946. The Morgan fingerprint density at radius 1 is 1.14 bits per heavy atom. The second-order valence-corrected chi connectivity index (χ2v) is 7.78. The lowest BCUT2D eigenvalue weighted by atomic mass is 9.78. The van der Waals surface area contributed by atoms with E-state index in [2.05, 4.69) is 11.1 Å². The van der Waals surface area contributed by atoms with E-state index in [0.717, 1.165) is 41.3 Å². The molecule has 2 aromatic carbocycles. The molecule has 5 nitrogen and oxygen atoms in total. The molecule has 0 N–H and O–H groups in total. The number of rotatable bonds is 2. The highest BCUT2D eigenvalue weighted by atomic mass is 16.5. The van der Waals surface area contributed by atoms with E-state index in [0.29, 0.717) is 19.7 Å². The molecule has 0 radical (unpaired) electrons. The van der Waals surface area contributed by atoms with Crippen molar-refractivity contribution in [3.05, 3.63) is 71.5 Å². The summed E-state index contributed by atoms with van der Waals surface area (Å²) in [6.07, 6.45) is 6.00. The fraction of sp³-hybridized carbons (Fsp3) is 0.333. The Morgan fingerprint density at radius 2 is 1.97 bits per heavy atom. The van der Waals surface area contributed by atoms with Gasteiger partial charge < -0.3 is 14.4 Å². The Kier molecular flexibility index (Phi) is 4.47. The molecule has 0 bridgehead atoms. The Bertz CT molecular complexity index is 1050. The van der Waals surface area contributed by atoms with E-state index in [4.69, 9.17) is 9.47 Å². The minimum Gasteiger partial charge on any atom is -0.496 e. The lowest BCUT2D eigenvalue weighted by Gasteiger charge is -2.45. The fourth-order valence-corrected chi connectivity index (χ4v) is 4.85. The number of carbonyl (C=O) groups excluding carboxylic acids is 1. The van der Waals surface area contributed by atoms with Crippen LogP contribution in [0.3, 0.4) is 0 Å². The van der Waals surface area contributed by atoms with Gasteiger partial charge in [0.25, 0.3) is 5.91 Å². The van der Waals surface area contributed by atoms with Crippen molar-refractivity contribution >= 4 is 16.7 Å². The van der Waals surface area contributed by atoms with Gasteiger partial charge in [0.05, 0.1) is 13.7 Å². The van der Waals surface area contributed by atoms with Gasteiger partial charge in [-0.2, -0.15) is 0 Å². The molecule has 1 saturated heterocycles. The highest BCUT2D eigenvalue weighted by molar-refractivity contribution is 6.06. The smallest absolute Gasteiger partial charge is 0.254 e. The molecule has 0 atom stereocenters. The minimum atomic E-state index is -0.361. The number of piperidine rings is 1. The molecule has 2 aliphatic rings. The molecule has 3 heterocycles. The largest absolute Gasteiger partial charge is 0.496 e. The zero-order valence-corrected chi connectivity index (χ0v) is 16.6. The molecule has 0 saturated carbocycles. The van der Waals surface area contributed by atoms with Crippen LogP contribution in [0.1, 0.15) is 34.3 Å². The minimum absolute atomic E-state index is 0.0766. The van der Waals surface area contributed by atoms with Crippen LogP contribution in [0.25, 0.3) is 10.8 Å². The second-order valence-electron chi connectivity index (χ2n) is 7.78. The van der Waals surface area contributed by atoms with E-state index in [1.165, 1.54) is 11.1 Å². The topological polar surface area (TPSA) is 51.7 Å². The number of likely N-dealkylation sites (tertiary alicyclic amines) is 1. The number of hydrogen-bond donors (Lipinski definition) is 0. The monoisotopic (exact) mass is 388 g/mol. The third kappa shape index (κ3) is 2.97. The number of fused-ring (bicyclic) bond motifs is 3. The molecule has 1 amide bonds. The summed E-state index contributed by atoms with van der Waals surface area (Å²) in [7, 11) is 1.71. The molecule has 0 unspecified atom stereocenters. The number of carbonyl (C=O) groups is 1. The summed E-state index contributed by atoms with van der Waals surface area (Å²) in [4.78, 5) is 19.4. The number of ether oxygens (including phenoxy) is 2. The molecule has 5 heteroatoms. The first-order valence-electron chi connectivity index (χ1n) is 10.1. The standard InChI is InChI=1S/C24H24N2O3/c1-28-21-7-3-4-17-9-15-29-24(22(17)21)10-13-26(14-11-24)23(27)20-6-2-5-18-16-25-12-8-19(18)20/h2-8,12,16H,9-11,13-15H2,1H3. The summed E-state index contributed by atoms with van der Waals surface area (Å²) in [5, 5.41) is 1.94. The normalized spacial score (nSPS) is 17.9. The van der Waals surface area contributed by atoms with E-state index in [9.17, 15) is 4.79 Å². The van der Waals surface area contributed by atoms with E-state index < -0.39 is 0 Å². The predicted molar refractivity (Wildman–Crippen MR) is 111 cm³/mol. The Labute approximate surface area is 170 Å². The van der Waals surface area contributed by atoms with Crippen molar-refractivity contribution in [2.24, 2.45) is 0 Å². The summed E-state index contributed by atoms with van der Waals surface area (Å²) in [5.41, 5.74) is 2.86. The molecule has 148 valence electrons. The first kappa shape index (κ1) is 18.1. The van der Waals surface area contributed by atoms with Gasteiger partial charge in [0.1, 0.15) is 11.4 Å². The number of pyridine rings is 1. The van der Waals surface area contributed by atoms with E-state index in [1.54, 1.807) is 19.5 Å². The van der Waals surface area contributed by atoms with Crippen LogP contribution >= 0.6 is 0 Å². The lowest BCUT2D eigenvalue weighted by Crippen LogP contribution is -2.48. The van der Waals surface area contributed by atoms with Crippen molar-refractivity contribution in [2.45, 2.75) is 24.9 Å². The van der Waals surface area contributed by atoms with Crippen LogP contribution in [0.4, 0.5) is 0 Å². The summed E-state index contributed by atoms with van der Waals surface area (Å²) < 4.78 is 12.0. The van der Waals surface area contributed by atoms with Crippen LogP contribution in [0.15, 0.2) is 54.9 Å². The van der Waals surface area contributed by atoms with Crippen LogP contribution in [-0.4, -0.2) is 42.6 Å². The maximum atomic E-state index is 13.3. The maximum Gasteiger partial charge on any atom is 0.254 e. The first-order chi connectivity index (χ1) is 14.2. The van der Waals surface area contributed by atoms with Gasteiger partial charge in [-0.15, -0.1) is 0 Å². The Morgan fingerprint density at radius 3 is 2.79 bits per heavy atom. The van der Waals surface area contributed by atoms with Gasteiger partial charge in [-0.25, -0.2) is 0 Å². The van der Waals surface area contributed by atoms with Crippen LogP contribution in [0, 0.1) is 0 Å². The predicted octanol–water partition coefficient (Wildman–Crippen LogP) is 3.95. The summed E-state index contributed by atoms with van der Waals surface area (Å²) in [5.74, 6) is 0.969. The van der Waals surface area contributed by atoms with Crippen molar-refractivity contribution in [3.8, 4) is 5.75 Å². The van der Waals surface area contributed by atoms with Crippen LogP contribution in [0.2, 0.25) is 0 Å². The van der Waals surface area contributed by atoms with Crippen LogP contribution < -0.4 is 4.74 Å². The number of methoxy groups -OCH3 is 1. The number of aromatic nitrogens is 1. The zero-order chi connectivity index (χ0) is 19.8. The Balaban J connectivity index is 1.42. The van der Waals surface area contributed by atoms with E-state index in [-0.39, 0.29) is 11.5 Å². The van der Waals surface area contributed by atoms with Gasteiger partial charge in [0.15, 0.2) is 0 Å². The average Bonchev–Trinajstić information content (AvgIpc) is 2.78. The Hall–Kier alpha value is -2.92. The van der Waals surface area contributed by atoms with Crippen LogP contribution in [-0.2, 0) is 16.8 Å². The number of hydrogen-bond acceptors (Lipinski definition) is 4. The highest BCUT2D eigenvalue weighted by Crippen LogP contribution is 2.46. The number of amides is 1. The molecular formula is C24H24N2O3. The van der Waals surface area contributed by atoms with E-state index in [1.807, 2.05) is 41.3 Å². The van der Waals surface area contributed by atoms with Gasteiger partial charge in [-0.3, -0.25) is 9.78 Å². The third-order valence-electron chi connectivity index (χ3n) is 6.31. The fourth-order valence-electron chi connectivity index (χ4n) is 4.85. The van der Waals surface area contributed by atoms with Crippen molar-refractivity contribution in [1.29, 1.82) is 0 Å². The van der Waals surface area contributed by atoms with Crippen molar-refractivity contribution < 1.29 is 14.3 Å². The van der Waals surface area contributed by atoms with Gasteiger partial charge in [0, 0.05) is 42.0 Å². The highest BCUT2D eigenvalue weighted by Gasteiger charge is 2.43. The molecule has 0 aliphatic carbocycles. The van der Waals surface area contributed by atoms with Gasteiger partial charge in [-0.1, -0.05) is 24.3 Å². The molecule has 1 fully saturated rings. The van der Waals surface area contributed by atoms with Gasteiger partial charge in [-0.05, 0) is 48.4 Å². The van der Waals surface area contributed by atoms with Crippen molar-refractivity contribution in [1.82, 2.24) is 9.88 Å². The quantitative estimate of drug-likeness (QED) is 0.667. The molecule has 1 aromatic heterocycles. The number of nitrogens with zero attached hydrogens (tertiary/aromatic N) is 2. The zero-order valence-electron chi connectivity index (χ0n) is 16.6. The van der Waals surface area contributed by atoms with Gasteiger partial charge in [0.2, 0.25) is 0 Å². The molecular weight excluding hydrogens is 364 g/mol. The molecule has 3 aromatic rings. The van der Waals surface area contributed by atoms with Crippen molar-refractivity contribution in [2.75, 3.05) is 26.8 Å². The van der Waals surface area contributed by atoms with E-state index >= 15 is 0 Å². The summed E-state index contributed by atoms with van der Waals surface area (Å²) in [6.45, 7) is 2.04. The van der Waals surface area contributed by atoms with Gasteiger partial charge >= 0.3 is 0 Å². The second kappa shape index (κ2) is 7.16. The maximum absolute atomic E-state index is 13.3. The first-order valence-corrected chi connectivity index (χ1v) is 10.1. The molecule has 1 spiro atoms.